The molecule has 33 heavy (non-hydrogen) atoms. The van der Waals surface area contributed by atoms with Crippen LogP contribution in [-0.4, -0.2) is 18.5 Å². The predicted molar refractivity (Wildman–Crippen MR) is 138 cm³/mol. The maximum Gasteiger partial charge on any atom is 0.341 e. The Bertz CT molecular complexity index is 1030. The van der Waals surface area contributed by atoms with E-state index >= 15 is 0 Å². The van der Waals surface area contributed by atoms with E-state index in [9.17, 15) is 9.59 Å². The molecule has 2 aromatic rings. The van der Waals surface area contributed by atoms with Gasteiger partial charge in [-0.1, -0.05) is 65.8 Å². The lowest BCUT2D eigenvalue weighted by molar-refractivity contribution is -0.111. The summed E-state index contributed by atoms with van der Waals surface area (Å²) in [5, 5.41) is 3.56. The molecule has 1 atom stereocenters. The summed E-state index contributed by atoms with van der Waals surface area (Å²) >= 11 is 1.52. The minimum Gasteiger partial charge on any atom is -0.462 e. The average Bonchev–Trinajstić information content (AvgIpc) is 3.08. The van der Waals surface area contributed by atoms with E-state index in [1.165, 1.54) is 27.9 Å². The quantitative estimate of drug-likeness (QED) is 0.379. The van der Waals surface area contributed by atoms with Crippen LogP contribution >= 0.6 is 11.3 Å². The van der Waals surface area contributed by atoms with E-state index in [2.05, 4.69) is 59.0 Å². The third-order valence-corrected chi connectivity index (χ3v) is 7.58. The number of esters is 1. The first-order valence-electron chi connectivity index (χ1n) is 11.8. The van der Waals surface area contributed by atoms with Gasteiger partial charge in [-0.3, -0.25) is 4.79 Å². The number of nitrogens with one attached hydrogen (secondary N) is 1. The van der Waals surface area contributed by atoms with Gasteiger partial charge in [0.1, 0.15) is 5.00 Å². The van der Waals surface area contributed by atoms with Crippen LogP contribution < -0.4 is 5.32 Å². The summed E-state index contributed by atoms with van der Waals surface area (Å²) in [5.41, 5.74) is 4.10. The van der Waals surface area contributed by atoms with Crippen molar-refractivity contribution < 1.29 is 14.3 Å². The number of hydrogen-bond donors (Lipinski definition) is 1. The number of hydrogen-bond acceptors (Lipinski definition) is 4. The van der Waals surface area contributed by atoms with E-state index in [1.807, 2.05) is 12.1 Å². The van der Waals surface area contributed by atoms with Gasteiger partial charge in [0, 0.05) is 11.0 Å². The van der Waals surface area contributed by atoms with E-state index in [0.717, 1.165) is 30.4 Å². The molecule has 178 valence electrons. The first kappa shape index (κ1) is 25.2. The fourth-order valence-corrected chi connectivity index (χ4v) is 5.57. The molecule has 0 bridgehead atoms. The second-order valence-corrected chi connectivity index (χ2v) is 12.0. The maximum atomic E-state index is 12.8. The monoisotopic (exact) mass is 467 g/mol. The molecule has 4 nitrogen and oxygen atoms in total. The van der Waals surface area contributed by atoms with Crippen LogP contribution in [0.15, 0.2) is 30.3 Å². The largest absolute Gasteiger partial charge is 0.462 e. The smallest absolute Gasteiger partial charge is 0.341 e. The van der Waals surface area contributed by atoms with Crippen molar-refractivity contribution in [1.82, 2.24) is 0 Å². The molecule has 5 heteroatoms. The Kier molecular flexibility index (Phi) is 7.52. The second-order valence-electron chi connectivity index (χ2n) is 10.9. The fraction of sp³-hybridized carbons (Fsp3) is 0.500. The molecular weight excluding hydrogens is 430 g/mol. The van der Waals surface area contributed by atoms with Crippen LogP contribution in [0.4, 0.5) is 5.00 Å². The summed E-state index contributed by atoms with van der Waals surface area (Å²) in [6.45, 7) is 15.5. The van der Waals surface area contributed by atoms with Gasteiger partial charge >= 0.3 is 5.97 Å². The molecule has 0 saturated heterocycles. The van der Waals surface area contributed by atoms with Crippen molar-refractivity contribution in [1.29, 1.82) is 0 Å². The lowest BCUT2D eigenvalue weighted by Crippen LogP contribution is -2.26. The van der Waals surface area contributed by atoms with Crippen molar-refractivity contribution in [2.45, 2.75) is 73.1 Å². The Morgan fingerprint density at radius 1 is 1.12 bits per heavy atom. The fourth-order valence-electron chi connectivity index (χ4n) is 4.25. The van der Waals surface area contributed by atoms with Gasteiger partial charge in [0.2, 0.25) is 5.91 Å². The van der Waals surface area contributed by atoms with Crippen molar-refractivity contribution in [2.75, 3.05) is 11.9 Å². The van der Waals surface area contributed by atoms with Gasteiger partial charge in [-0.2, -0.15) is 0 Å². The van der Waals surface area contributed by atoms with Crippen LogP contribution in [0.5, 0.6) is 0 Å². The van der Waals surface area contributed by atoms with Crippen molar-refractivity contribution in [3.63, 3.8) is 0 Å². The molecule has 0 radical (unpaired) electrons. The molecule has 1 amide bonds. The highest BCUT2D eigenvalue weighted by Crippen LogP contribution is 2.44. The highest BCUT2D eigenvalue weighted by atomic mass is 32.1. The van der Waals surface area contributed by atoms with Crippen LogP contribution in [0.3, 0.4) is 0 Å². The normalized spacial score (nSPS) is 16.5. The van der Waals surface area contributed by atoms with Gasteiger partial charge in [0.15, 0.2) is 0 Å². The number of fused-ring (bicyclic) bond motifs is 1. The molecule has 1 aliphatic rings. The molecule has 0 saturated carbocycles. The molecule has 0 fully saturated rings. The number of anilines is 1. The van der Waals surface area contributed by atoms with Gasteiger partial charge in [0.05, 0.1) is 12.2 Å². The number of ether oxygens (including phenoxy) is 1. The molecule has 1 aliphatic carbocycles. The summed E-state index contributed by atoms with van der Waals surface area (Å²) in [5.74, 6) is -0.0362. The molecular formula is C28H37NO3S. The highest BCUT2D eigenvalue weighted by molar-refractivity contribution is 7.17. The molecule has 1 aromatic carbocycles. The highest BCUT2D eigenvalue weighted by Gasteiger charge is 2.34. The SMILES string of the molecule is CCOC(=O)c1c(NC(=O)/C=C/c2ccc(C(C)(C)C)cc2)sc2c1CCC(C(C)(C)C)C2. The number of carbonyl (C=O) groups excluding carboxylic acids is 2. The molecule has 1 N–H and O–H groups in total. The Morgan fingerprint density at radius 2 is 1.79 bits per heavy atom. The molecule has 1 heterocycles. The molecule has 1 unspecified atom stereocenters. The Balaban J connectivity index is 1.80. The Morgan fingerprint density at radius 3 is 2.36 bits per heavy atom. The van der Waals surface area contributed by atoms with Crippen LogP contribution in [0, 0.1) is 11.3 Å². The maximum absolute atomic E-state index is 12.8. The molecule has 1 aromatic heterocycles. The van der Waals surface area contributed by atoms with E-state index in [-0.39, 0.29) is 22.7 Å². The number of carbonyl (C=O) groups is 2. The zero-order valence-electron chi connectivity index (χ0n) is 21.0. The van der Waals surface area contributed by atoms with Gasteiger partial charge in [-0.05, 0) is 65.7 Å². The molecule has 0 aliphatic heterocycles. The third-order valence-electron chi connectivity index (χ3n) is 6.41. The number of amides is 1. The van der Waals surface area contributed by atoms with Crippen LogP contribution in [0.2, 0.25) is 0 Å². The number of thiophene rings is 1. The average molecular weight is 468 g/mol. The van der Waals surface area contributed by atoms with E-state index in [1.54, 1.807) is 13.0 Å². The Hall–Kier alpha value is -2.40. The topological polar surface area (TPSA) is 55.4 Å². The zero-order chi connectivity index (χ0) is 24.4. The van der Waals surface area contributed by atoms with Crippen LogP contribution in [0.25, 0.3) is 6.08 Å². The third kappa shape index (κ3) is 6.14. The van der Waals surface area contributed by atoms with Gasteiger partial charge in [-0.15, -0.1) is 11.3 Å². The second kappa shape index (κ2) is 9.84. The lowest BCUT2D eigenvalue weighted by Gasteiger charge is -2.33. The number of rotatable bonds is 5. The van der Waals surface area contributed by atoms with Crippen molar-refractivity contribution in [3.8, 4) is 0 Å². The van der Waals surface area contributed by atoms with Gasteiger partial charge in [-0.25, -0.2) is 4.79 Å². The summed E-state index contributed by atoms with van der Waals surface area (Å²) in [7, 11) is 0. The van der Waals surface area contributed by atoms with Crippen molar-refractivity contribution in [2.24, 2.45) is 11.3 Å². The summed E-state index contributed by atoms with van der Waals surface area (Å²) in [6.07, 6.45) is 6.14. The van der Waals surface area contributed by atoms with Gasteiger partial charge < -0.3 is 10.1 Å². The molecule has 0 spiro atoms. The minimum absolute atomic E-state index is 0.0907. The van der Waals surface area contributed by atoms with E-state index in [0.29, 0.717) is 23.1 Å². The first-order valence-corrected chi connectivity index (χ1v) is 12.6. The van der Waals surface area contributed by atoms with Crippen LogP contribution in [-0.2, 0) is 27.8 Å². The lowest BCUT2D eigenvalue weighted by atomic mass is 9.72. The summed E-state index contributed by atoms with van der Waals surface area (Å²) in [4.78, 5) is 26.7. The van der Waals surface area contributed by atoms with E-state index in [4.69, 9.17) is 4.74 Å². The Labute approximate surface area is 202 Å². The van der Waals surface area contributed by atoms with Gasteiger partial charge in [0.25, 0.3) is 0 Å². The minimum atomic E-state index is -0.346. The summed E-state index contributed by atoms with van der Waals surface area (Å²) < 4.78 is 5.34. The van der Waals surface area contributed by atoms with Crippen molar-refractivity contribution in [3.05, 3.63) is 57.5 Å². The standard InChI is InChI=1S/C28H37NO3S/c1-8-32-26(31)24-21-15-14-20(28(5,6)7)17-22(21)33-25(24)29-23(30)16-11-18-9-12-19(13-10-18)27(2,3)4/h9-13,16,20H,8,14-15,17H2,1-7H3,(H,29,30)/b16-11+. The molecule has 3 rings (SSSR count). The zero-order valence-corrected chi connectivity index (χ0v) is 21.8. The van der Waals surface area contributed by atoms with Crippen LogP contribution in [0.1, 0.15) is 86.8 Å². The van der Waals surface area contributed by atoms with E-state index < -0.39 is 0 Å². The summed E-state index contributed by atoms with van der Waals surface area (Å²) in [6, 6.07) is 8.22. The first-order chi connectivity index (χ1) is 15.4. The number of benzene rings is 1. The van der Waals surface area contributed by atoms with Crippen molar-refractivity contribution >= 4 is 34.3 Å². The predicted octanol–water partition coefficient (Wildman–Crippen LogP) is 7.03.